The predicted molar refractivity (Wildman–Crippen MR) is 112 cm³/mol. The van der Waals surface area contributed by atoms with Crippen molar-refractivity contribution in [1.82, 2.24) is 9.80 Å². The molecule has 0 bridgehead atoms. The second-order valence-corrected chi connectivity index (χ2v) is 8.66. The summed E-state index contributed by atoms with van der Waals surface area (Å²) in [4.78, 5) is 8.66. The first kappa shape index (κ1) is 18.9. The van der Waals surface area contributed by atoms with Crippen molar-refractivity contribution >= 4 is 11.4 Å². The van der Waals surface area contributed by atoms with E-state index in [1.807, 2.05) is 44.7 Å². The molecule has 1 aliphatic carbocycles. The topological polar surface area (TPSA) is 53.4 Å². The number of rotatable bonds is 4. The van der Waals surface area contributed by atoms with Gasteiger partial charge in [0, 0.05) is 12.1 Å². The van der Waals surface area contributed by atoms with Crippen molar-refractivity contribution in [3.8, 4) is 0 Å². The van der Waals surface area contributed by atoms with E-state index in [4.69, 9.17) is 0 Å². The summed E-state index contributed by atoms with van der Waals surface area (Å²) < 4.78 is 0. The molecule has 0 unspecified atom stereocenters. The van der Waals surface area contributed by atoms with Gasteiger partial charge in [-0.05, 0) is 45.9 Å². The minimum atomic E-state index is -0.939. The normalized spacial score (nSPS) is 19.5. The average molecular weight is 383 g/mol. The Labute approximate surface area is 167 Å². The van der Waals surface area contributed by atoms with Crippen LogP contribution in [0.15, 0.2) is 60.0 Å². The van der Waals surface area contributed by atoms with Crippen LogP contribution < -0.4 is 9.80 Å². The average Bonchev–Trinajstić information content (AvgIpc) is 3.05. The zero-order chi connectivity index (χ0) is 20.1. The van der Waals surface area contributed by atoms with Crippen molar-refractivity contribution < 1.29 is 10.2 Å². The van der Waals surface area contributed by atoms with Crippen molar-refractivity contribution in [3.05, 3.63) is 60.0 Å². The first-order valence-electron chi connectivity index (χ1n) is 9.81. The zero-order valence-electron chi connectivity index (χ0n) is 17.1. The van der Waals surface area contributed by atoms with Crippen LogP contribution in [0.3, 0.4) is 0 Å². The monoisotopic (exact) mass is 382 g/mol. The van der Waals surface area contributed by atoms with Crippen molar-refractivity contribution in [2.75, 3.05) is 29.8 Å². The Balaban J connectivity index is 1.64. The number of fused-ring (bicyclic) bond motifs is 1. The summed E-state index contributed by atoms with van der Waals surface area (Å²) in [5.41, 5.74) is 2.58. The van der Waals surface area contributed by atoms with Gasteiger partial charge in [0.2, 0.25) is 0 Å². The molecule has 1 aromatic rings. The van der Waals surface area contributed by atoms with E-state index in [9.17, 15) is 10.2 Å². The zero-order valence-corrected chi connectivity index (χ0v) is 17.1. The van der Waals surface area contributed by atoms with Gasteiger partial charge in [0.1, 0.15) is 11.4 Å². The Morgan fingerprint density at radius 1 is 0.857 bits per heavy atom. The number of allylic oxidation sites excluding steroid dienone is 4. The molecule has 6 nitrogen and oxygen atoms in total. The first-order valence-corrected chi connectivity index (χ1v) is 9.81. The lowest BCUT2D eigenvalue weighted by Gasteiger charge is -2.36. The maximum absolute atomic E-state index is 10.7. The maximum Gasteiger partial charge on any atom is 0.133 e. The van der Waals surface area contributed by atoms with Gasteiger partial charge in [0.25, 0.3) is 0 Å². The minimum absolute atomic E-state index is 0.618. The fourth-order valence-electron chi connectivity index (χ4n) is 4.18. The Morgan fingerprint density at radius 2 is 1.50 bits per heavy atom. The molecule has 0 saturated carbocycles. The number of benzene rings is 1. The highest BCUT2D eigenvalue weighted by atomic mass is 16.3. The highest BCUT2D eigenvalue weighted by molar-refractivity contribution is 5.76. The number of anilines is 2. The lowest BCUT2D eigenvalue weighted by molar-refractivity contribution is -0.0648. The molecular weight excluding hydrogens is 352 g/mol. The van der Waals surface area contributed by atoms with E-state index in [0.717, 1.165) is 29.2 Å². The van der Waals surface area contributed by atoms with Gasteiger partial charge in [-0.25, -0.2) is 0 Å². The Kier molecular flexibility index (Phi) is 4.43. The number of hydrogen-bond acceptors (Lipinski definition) is 6. The molecule has 28 heavy (non-hydrogen) atoms. The van der Waals surface area contributed by atoms with Crippen molar-refractivity contribution in [2.24, 2.45) is 0 Å². The number of nitrogens with zero attached hydrogens (tertiary/aromatic N) is 4. The van der Waals surface area contributed by atoms with Crippen LogP contribution in [0.5, 0.6) is 0 Å². The molecule has 0 fully saturated rings. The smallest absolute Gasteiger partial charge is 0.133 e. The van der Waals surface area contributed by atoms with Gasteiger partial charge < -0.3 is 29.8 Å². The standard InChI is InChI=1S/C22H30N4O2/c1-21(2,27)25-15-23(17-10-6-5-7-12-19(17)25)14-24-16-26(22(3,4)28)20-13-9-8-11-18(20)24/h5-11,13,27-28H,12,14-16H2,1-4H3. The van der Waals surface area contributed by atoms with Gasteiger partial charge in [0.05, 0.1) is 37.1 Å². The number of para-hydroxylation sites is 2. The Morgan fingerprint density at radius 3 is 2.18 bits per heavy atom. The van der Waals surface area contributed by atoms with Crippen LogP contribution in [-0.4, -0.2) is 51.5 Å². The van der Waals surface area contributed by atoms with Crippen LogP contribution in [0, 0.1) is 0 Å². The summed E-state index contributed by atoms with van der Waals surface area (Å²) in [5.74, 6) is 0. The van der Waals surface area contributed by atoms with Crippen LogP contribution in [-0.2, 0) is 0 Å². The molecule has 3 aliphatic rings. The molecule has 0 amide bonds. The quantitative estimate of drug-likeness (QED) is 0.835. The van der Waals surface area contributed by atoms with Gasteiger partial charge in [-0.1, -0.05) is 30.4 Å². The third-order valence-electron chi connectivity index (χ3n) is 5.57. The highest BCUT2D eigenvalue weighted by Crippen LogP contribution is 2.40. The van der Waals surface area contributed by atoms with Gasteiger partial charge in [-0.2, -0.15) is 0 Å². The molecule has 4 rings (SSSR count). The van der Waals surface area contributed by atoms with Crippen LogP contribution in [0.2, 0.25) is 0 Å². The number of aliphatic hydroxyl groups is 2. The second kappa shape index (κ2) is 6.57. The summed E-state index contributed by atoms with van der Waals surface area (Å²) in [6, 6.07) is 8.20. The van der Waals surface area contributed by atoms with E-state index in [0.29, 0.717) is 20.0 Å². The van der Waals surface area contributed by atoms with E-state index in [1.54, 1.807) is 0 Å². The van der Waals surface area contributed by atoms with Crippen LogP contribution in [0.25, 0.3) is 0 Å². The molecule has 150 valence electrons. The van der Waals surface area contributed by atoms with Gasteiger partial charge in [0.15, 0.2) is 0 Å². The summed E-state index contributed by atoms with van der Waals surface area (Å²) >= 11 is 0. The molecule has 2 aliphatic heterocycles. The third kappa shape index (κ3) is 3.27. The second-order valence-electron chi connectivity index (χ2n) is 8.66. The molecule has 0 saturated heterocycles. The fourth-order valence-corrected chi connectivity index (χ4v) is 4.18. The lowest BCUT2D eigenvalue weighted by Crippen LogP contribution is -2.49. The predicted octanol–water partition coefficient (Wildman–Crippen LogP) is 2.99. The van der Waals surface area contributed by atoms with Gasteiger partial charge >= 0.3 is 0 Å². The SMILES string of the molecule is CC(C)(O)N1CN(CN2CN(C(C)(C)O)c3ccccc32)C2=C1CC=CC=C2. The Bertz CT molecular complexity index is 845. The Hall–Kier alpha value is -2.44. The molecule has 6 heteroatoms. The molecule has 2 heterocycles. The minimum Gasteiger partial charge on any atom is -0.371 e. The summed E-state index contributed by atoms with van der Waals surface area (Å²) in [5, 5.41) is 21.3. The van der Waals surface area contributed by atoms with E-state index >= 15 is 0 Å². The van der Waals surface area contributed by atoms with E-state index < -0.39 is 11.4 Å². The maximum atomic E-state index is 10.7. The van der Waals surface area contributed by atoms with Gasteiger partial charge in [-0.15, -0.1) is 0 Å². The van der Waals surface area contributed by atoms with Crippen molar-refractivity contribution in [3.63, 3.8) is 0 Å². The van der Waals surface area contributed by atoms with Crippen LogP contribution in [0.1, 0.15) is 34.1 Å². The van der Waals surface area contributed by atoms with Gasteiger partial charge in [-0.3, -0.25) is 0 Å². The molecule has 0 atom stereocenters. The summed E-state index contributed by atoms with van der Waals surface area (Å²) in [7, 11) is 0. The first-order chi connectivity index (χ1) is 13.2. The molecular formula is C22H30N4O2. The highest BCUT2D eigenvalue weighted by Gasteiger charge is 2.39. The molecule has 1 aromatic carbocycles. The summed E-state index contributed by atoms with van der Waals surface area (Å²) in [6.45, 7) is 9.24. The molecule has 0 spiro atoms. The summed E-state index contributed by atoms with van der Waals surface area (Å²) in [6.07, 6.45) is 9.17. The fraction of sp³-hybridized carbons (Fsp3) is 0.455. The van der Waals surface area contributed by atoms with Crippen LogP contribution in [0.4, 0.5) is 11.4 Å². The third-order valence-corrected chi connectivity index (χ3v) is 5.57. The largest absolute Gasteiger partial charge is 0.371 e. The molecule has 0 radical (unpaired) electrons. The molecule has 0 aromatic heterocycles. The number of hydrogen-bond donors (Lipinski definition) is 2. The van der Waals surface area contributed by atoms with E-state index in [2.05, 4.69) is 51.1 Å². The van der Waals surface area contributed by atoms with E-state index in [-0.39, 0.29) is 0 Å². The van der Waals surface area contributed by atoms with E-state index in [1.165, 1.54) is 0 Å². The van der Waals surface area contributed by atoms with Crippen LogP contribution >= 0.6 is 0 Å². The molecule has 2 N–H and O–H groups in total. The van der Waals surface area contributed by atoms with Crippen molar-refractivity contribution in [2.45, 2.75) is 45.6 Å². The lowest BCUT2D eigenvalue weighted by atomic mass is 10.2. The van der Waals surface area contributed by atoms with Crippen molar-refractivity contribution in [1.29, 1.82) is 0 Å².